The van der Waals surface area contributed by atoms with Gasteiger partial charge in [0.15, 0.2) is 0 Å². The molecule has 1 N–H and O–H groups in total. The number of rotatable bonds is 2. The predicted molar refractivity (Wildman–Crippen MR) is 62.0 cm³/mol. The molecule has 0 fully saturated rings. The summed E-state index contributed by atoms with van der Waals surface area (Å²) in [6, 6.07) is 3.79. The van der Waals surface area contributed by atoms with Crippen molar-refractivity contribution in [1.82, 2.24) is 10.3 Å². The highest BCUT2D eigenvalue weighted by molar-refractivity contribution is 5.67. The maximum Gasteiger partial charge on any atom is 0.407 e. The van der Waals surface area contributed by atoms with E-state index in [9.17, 15) is 4.79 Å². The van der Waals surface area contributed by atoms with E-state index in [0.29, 0.717) is 6.54 Å². The molecule has 0 unspecified atom stereocenters. The first-order chi connectivity index (χ1) is 7.37. The van der Waals surface area contributed by atoms with Gasteiger partial charge in [0, 0.05) is 18.4 Å². The molecule has 1 aromatic heterocycles. The summed E-state index contributed by atoms with van der Waals surface area (Å²) in [5.74, 6) is 0. The number of nitrogens with one attached hydrogen (secondary N) is 1. The zero-order valence-corrected chi connectivity index (χ0v) is 10.2. The van der Waals surface area contributed by atoms with Crippen LogP contribution in [0.4, 0.5) is 4.79 Å². The topological polar surface area (TPSA) is 51.2 Å². The van der Waals surface area contributed by atoms with Crippen molar-refractivity contribution in [2.75, 3.05) is 0 Å². The molecule has 0 aliphatic rings. The third-order valence-corrected chi connectivity index (χ3v) is 1.80. The van der Waals surface area contributed by atoms with Gasteiger partial charge in [0.1, 0.15) is 5.60 Å². The largest absolute Gasteiger partial charge is 0.444 e. The monoisotopic (exact) mass is 222 g/mol. The lowest BCUT2D eigenvalue weighted by atomic mass is 10.2. The number of hydrogen-bond donors (Lipinski definition) is 1. The van der Waals surface area contributed by atoms with E-state index in [1.54, 1.807) is 6.20 Å². The highest BCUT2D eigenvalue weighted by atomic mass is 16.6. The fraction of sp³-hybridized carbons (Fsp3) is 0.500. The Morgan fingerprint density at radius 2 is 2.19 bits per heavy atom. The average molecular weight is 222 g/mol. The van der Waals surface area contributed by atoms with Gasteiger partial charge in [-0.3, -0.25) is 4.98 Å². The highest BCUT2D eigenvalue weighted by Crippen LogP contribution is 2.07. The Hall–Kier alpha value is -1.58. The summed E-state index contributed by atoms with van der Waals surface area (Å²) in [6.45, 7) is 7.88. The fourth-order valence-corrected chi connectivity index (χ4v) is 1.20. The number of aromatic nitrogens is 1. The molecular formula is C12H18N2O2. The quantitative estimate of drug-likeness (QED) is 0.836. The summed E-state index contributed by atoms with van der Waals surface area (Å²) < 4.78 is 5.12. The first kappa shape index (κ1) is 12.5. The third-order valence-electron chi connectivity index (χ3n) is 1.80. The van der Waals surface area contributed by atoms with Crippen molar-refractivity contribution in [3.05, 3.63) is 29.6 Å². The van der Waals surface area contributed by atoms with Crippen molar-refractivity contribution in [3.63, 3.8) is 0 Å². The first-order valence-corrected chi connectivity index (χ1v) is 5.25. The molecule has 0 aliphatic heterocycles. The van der Waals surface area contributed by atoms with E-state index in [2.05, 4.69) is 10.3 Å². The van der Waals surface area contributed by atoms with E-state index in [1.165, 1.54) is 0 Å². The molecule has 1 amide bonds. The molecule has 0 aromatic carbocycles. The Balaban J connectivity index is 2.43. The molecule has 1 aromatic rings. The van der Waals surface area contributed by atoms with Crippen LogP contribution in [0.1, 0.15) is 32.0 Å². The lowest BCUT2D eigenvalue weighted by Crippen LogP contribution is -2.32. The molecule has 0 saturated carbocycles. The van der Waals surface area contributed by atoms with Gasteiger partial charge in [-0.2, -0.15) is 0 Å². The van der Waals surface area contributed by atoms with E-state index in [0.717, 1.165) is 11.3 Å². The Morgan fingerprint density at radius 3 is 2.75 bits per heavy atom. The van der Waals surface area contributed by atoms with Crippen LogP contribution < -0.4 is 5.32 Å². The van der Waals surface area contributed by atoms with Crippen molar-refractivity contribution >= 4 is 6.09 Å². The summed E-state index contributed by atoms with van der Waals surface area (Å²) in [7, 11) is 0. The smallest absolute Gasteiger partial charge is 0.407 e. The van der Waals surface area contributed by atoms with Crippen LogP contribution in [-0.4, -0.2) is 16.7 Å². The van der Waals surface area contributed by atoms with Crippen molar-refractivity contribution in [2.24, 2.45) is 0 Å². The van der Waals surface area contributed by atoms with Crippen LogP contribution >= 0.6 is 0 Å². The summed E-state index contributed by atoms with van der Waals surface area (Å²) in [5.41, 5.74) is 1.49. The summed E-state index contributed by atoms with van der Waals surface area (Å²) >= 11 is 0. The molecule has 1 heterocycles. The molecular weight excluding hydrogens is 204 g/mol. The summed E-state index contributed by atoms with van der Waals surface area (Å²) in [6.07, 6.45) is 1.32. The van der Waals surface area contributed by atoms with Gasteiger partial charge in [-0.15, -0.1) is 0 Å². The van der Waals surface area contributed by atoms with E-state index in [4.69, 9.17) is 4.74 Å². The molecule has 16 heavy (non-hydrogen) atoms. The zero-order chi connectivity index (χ0) is 12.2. The first-order valence-electron chi connectivity index (χ1n) is 5.25. The van der Waals surface area contributed by atoms with Crippen LogP contribution in [0.3, 0.4) is 0 Å². The van der Waals surface area contributed by atoms with Gasteiger partial charge in [-0.1, -0.05) is 0 Å². The van der Waals surface area contributed by atoms with Gasteiger partial charge in [0.05, 0.1) is 0 Å². The Morgan fingerprint density at radius 1 is 1.50 bits per heavy atom. The van der Waals surface area contributed by atoms with E-state index >= 15 is 0 Å². The summed E-state index contributed by atoms with van der Waals surface area (Å²) in [4.78, 5) is 15.5. The number of nitrogens with zero attached hydrogens (tertiary/aromatic N) is 1. The van der Waals surface area contributed by atoms with Gasteiger partial charge >= 0.3 is 6.09 Å². The predicted octanol–water partition coefficient (Wildman–Crippen LogP) is 2.41. The Bertz CT molecular complexity index is 370. The van der Waals surface area contributed by atoms with Gasteiger partial charge in [0.25, 0.3) is 0 Å². The molecule has 0 atom stereocenters. The fourth-order valence-electron chi connectivity index (χ4n) is 1.20. The van der Waals surface area contributed by atoms with E-state index < -0.39 is 11.7 Å². The highest BCUT2D eigenvalue weighted by Gasteiger charge is 2.15. The standard InChI is InChI=1S/C12H18N2O2/c1-9-7-10(5-6-13-9)8-14-11(15)16-12(2,3)4/h5-7H,8H2,1-4H3,(H,14,15). The molecule has 0 saturated heterocycles. The minimum atomic E-state index is -0.460. The minimum Gasteiger partial charge on any atom is -0.444 e. The van der Waals surface area contributed by atoms with Crippen molar-refractivity contribution in [3.8, 4) is 0 Å². The lowest BCUT2D eigenvalue weighted by Gasteiger charge is -2.19. The van der Waals surface area contributed by atoms with Crippen molar-refractivity contribution < 1.29 is 9.53 Å². The number of pyridine rings is 1. The normalized spacial score (nSPS) is 11.0. The lowest BCUT2D eigenvalue weighted by molar-refractivity contribution is 0.0523. The number of alkyl carbamates (subject to hydrolysis) is 1. The number of hydrogen-bond acceptors (Lipinski definition) is 3. The second kappa shape index (κ2) is 4.96. The van der Waals surface area contributed by atoms with Gasteiger partial charge in [0.2, 0.25) is 0 Å². The molecule has 0 spiro atoms. The molecule has 0 radical (unpaired) electrons. The molecule has 4 nitrogen and oxygen atoms in total. The van der Waals surface area contributed by atoms with Crippen molar-refractivity contribution in [2.45, 2.75) is 39.8 Å². The van der Waals surface area contributed by atoms with E-state index in [-0.39, 0.29) is 0 Å². The number of ether oxygens (including phenoxy) is 1. The number of carbonyl (C=O) groups excluding carboxylic acids is 1. The third kappa shape index (κ3) is 4.77. The molecule has 0 bridgehead atoms. The Kier molecular flexibility index (Phi) is 3.88. The van der Waals surface area contributed by atoms with Crippen LogP contribution in [-0.2, 0) is 11.3 Å². The van der Waals surface area contributed by atoms with Crippen LogP contribution in [0, 0.1) is 6.92 Å². The van der Waals surface area contributed by atoms with Crippen LogP contribution in [0.5, 0.6) is 0 Å². The Labute approximate surface area is 96.0 Å². The second-order valence-corrected chi connectivity index (χ2v) is 4.66. The maximum absolute atomic E-state index is 11.4. The number of aryl methyl sites for hydroxylation is 1. The van der Waals surface area contributed by atoms with Crippen molar-refractivity contribution in [1.29, 1.82) is 0 Å². The second-order valence-electron chi connectivity index (χ2n) is 4.66. The summed E-state index contributed by atoms with van der Waals surface area (Å²) in [5, 5.41) is 2.69. The molecule has 4 heteroatoms. The van der Waals surface area contributed by atoms with Gasteiger partial charge < -0.3 is 10.1 Å². The van der Waals surface area contributed by atoms with Crippen LogP contribution in [0.2, 0.25) is 0 Å². The number of amides is 1. The average Bonchev–Trinajstić information content (AvgIpc) is 2.12. The van der Waals surface area contributed by atoms with Crippen LogP contribution in [0.25, 0.3) is 0 Å². The van der Waals surface area contributed by atoms with Crippen LogP contribution in [0.15, 0.2) is 18.3 Å². The molecule has 1 rings (SSSR count). The zero-order valence-electron chi connectivity index (χ0n) is 10.2. The van der Waals surface area contributed by atoms with Gasteiger partial charge in [-0.05, 0) is 45.4 Å². The maximum atomic E-state index is 11.4. The number of carbonyl (C=O) groups is 1. The minimum absolute atomic E-state index is 0.401. The molecule has 0 aliphatic carbocycles. The SMILES string of the molecule is Cc1cc(CNC(=O)OC(C)(C)C)ccn1. The van der Waals surface area contributed by atoms with Gasteiger partial charge in [-0.25, -0.2) is 4.79 Å². The molecule has 88 valence electrons. The van der Waals surface area contributed by atoms with E-state index in [1.807, 2.05) is 39.8 Å².